The number of aliphatic hydroxyl groups is 1. The predicted molar refractivity (Wildman–Crippen MR) is 173 cm³/mol. The molecule has 0 spiro atoms. The lowest BCUT2D eigenvalue weighted by Crippen LogP contribution is -2.39. The van der Waals surface area contributed by atoms with Crippen molar-refractivity contribution in [3.63, 3.8) is 0 Å². The molecule has 3 aromatic carbocycles. The molecule has 0 aliphatic heterocycles. The standard InChI is InChI=1S/C34H31ClFN3O4.C2H3F3/c1-20-4-2-7-29(33(20)36)27-6-3-5-26-23(8-9-28(26)27)11-24-13-32(43-19-22-10-21(14-37)15-38-16-22)25(12-30(24)35)17-39-31(18-40)34(41)42;1-2(3,4)5/h2-7,10,12-13,15-16,23,31,39-40H,8-9,11,17-19H2,1H3,(H,41,42);1H3/t23-,31?;/m1./s1. The molecule has 5 rings (SSSR count). The van der Waals surface area contributed by atoms with Crippen molar-refractivity contribution < 1.29 is 37.3 Å². The summed E-state index contributed by atoms with van der Waals surface area (Å²) in [5.41, 5.74) is 7.08. The van der Waals surface area contributed by atoms with E-state index in [1.165, 1.54) is 11.8 Å². The Labute approximate surface area is 280 Å². The third-order valence-electron chi connectivity index (χ3n) is 7.91. The fourth-order valence-corrected chi connectivity index (χ4v) is 5.91. The summed E-state index contributed by atoms with van der Waals surface area (Å²) >= 11 is 6.80. The summed E-state index contributed by atoms with van der Waals surface area (Å²) < 4.78 is 52.3. The van der Waals surface area contributed by atoms with Gasteiger partial charge in [0.05, 0.1) is 12.2 Å². The van der Waals surface area contributed by atoms with Crippen molar-refractivity contribution in [2.45, 2.75) is 64.4 Å². The molecular weight excluding hydrogens is 650 g/mol. The fourth-order valence-electron chi connectivity index (χ4n) is 5.64. The minimum absolute atomic E-state index is 0.0982. The van der Waals surface area contributed by atoms with Crippen molar-refractivity contribution in [1.29, 1.82) is 5.26 Å². The molecule has 4 aromatic rings. The van der Waals surface area contributed by atoms with Crippen LogP contribution in [0.3, 0.4) is 0 Å². The number of hydrogen-bond acceptors (Lipinski definition) is 6. The normalized spacial score (nSPS) is 14.4. The fraction of sp³-hybridized carbons (Fsp3) is 0.306. The topological polar surface area (TPSA) is 115 Å². The van der Waals surface area contributed by atoms with Crippen LogP contribution in [0.5, 0.6) is 5.75 Å². The van der Waals surface area contributed by atoms with Crippen LogP contribution in [0.4, 0.5) is 17.6 Å². The molecule has 7 nitrogen and oxygen atoms in total. The van der Waals surface area contributed by atoms with E-state index in [4.69, 9.17) is 16.3 Å². The lowest BCUT2D eigenvalue weighted by atomic mass is 9.90. The van der Waals surface area contributed by atoms with Gasteiger partial charge in [-0.25, -0.2) is 4.39 Å². The SMILES string of the molecule is CC(F)(F)F.Cc1cccc(-c2cccc3c2CC[C@@H]3Cc2cc(OCc3cncc(C#N)c3)c(CNC(CO)C(=O)O)cc2Cl)c1F. The predicted octanol–water partition coefficient (Wildman–Crippen LogP) is 7.68. The minimum Gasteiger partial charge on any atom is -0.489 e. The molecule has 0 bridgehead atoms. The van der Waals surface area contributed by atoms with Gasteiger partial charge >= 0.3 is 12.1 Å². The number of rotatable bonds is 11. The average Bonchev–Trinajstić information content (AvgIpc) is 3.45. The van der Waals surface area contributed by atoms with E-state index in [0.29, 0.717) is 45.0 Å². The number of carbonyl (C=O) groups is 1. The first-order valence-electron chi connectivity index (χ1n) is 15.1. The van der Waals surface area contributed by atoms with Gasteiger partial charge in [-0.3, -0.25) is 15.1 Å². The number of halogens is 5. The van der Waals surface area contributed by atoms with Crippen molar-refractivity contribution in [2.75, 3.05) is 6.61 Å². The van der Waals surface area contributed by atoms with Crippen LogP contribution in [0.15, 0.2) is 67.0 Å². The first-order chi connectivity index (χ1) is 22.8. The van der Waals surface area contributed by atoms with Gasteiger partial charge in [-0.05, 0) is 78.1 Å². The molecule has 1 aromatic heterocycles. The van der Waals surface area contributed by atoms with Crippen LogP contribution < -0.4 is 10.1 Å². The van der Waals surface area contributed by atoms with Crippen molar-refractivity contribution in [3.05, 3.63) is 117 Å². The summed E-state index contributed by atoms with van der Waals surface area (Å²) in [6.45, 7) is 1.62. The molecule has 48 heavy (non-hydrogen) atoms. The monoisotopic (exact) mass is 683 g/mol. The molecule has 0 fully saturated rings. The Morgan fingerprint density at radius 2 is 1.85 bits per heavy atom. The van der Waals surface area contributed by atoms with Gasteiger partial charge in [0.1, 0.15) is 30.3 Å². The first-order valence-corrected chi connectivity index (χ1v) is 15.5. The van der Waals surface area contributed by atoms with Crippen LogP contribution in [0.2, 0.25) is 5.02 Å². The molecule has 252 valence electrons. The number of nitriles is 1. The van der Waals surface area contributed by atoms with E-state index in [2.05, 4.69) is 22.4 Å². The number of pyridine rings is 1. The Hall–Kier alpha value is -4.50. The molecule has 1 heterocycles. The largest absolute Gasteiger partial charge is 0.489 e. The van der Waals surface area contributed by atoms with Crippen LogP contribution in [-0.4, -0.2) is 40.0 Å². The van der Waals surface area contributed by atoms with Gasteiger partial charge in [0.15, 0.2) is 0 Å². The van der Waals surface area contributed by atoms with E-state index < -0.39 is 24.8 Å². The summed E-state index contributed by atoms with van der Waals surface area (Å²) in [5, 5.41) is 31.4. The molecule has 0 saturated carbocycles. The Morgan fingerprint density at radius 1 is 1.15 bits per heavy atom. The molecule has 1 unspecified atom stereocenters. The average molecular weight is 684 g/mol. The first kappa shape index (κ1) is 36.3. The lowest BCUT2D eigenvalue weighted by molar-refractivity contribution is -0.140. The number of fused-ring (bicyclic) bond motifs is 1. The summed E-state index contributed by atoms with van der Waals surface area (Å²) in [5.74, 6) is -0.698. The number of nitrogens with one attached hydrogen (secondary N) is 1. The molecular formula is C36H34ClF4N3O4. The zero-order valence-electron chi connectivity index (χ0n) is 26.2. The van der Waals surface area contributed by atoms with E-state index >= 15 is 4.39 Å². The van der Waals surface area contributed by atoms with Gasteiger partial charge in [-0.1, -0.05) is 48.0 Å². The molecule has 2 atom stereocenters. The van der Waals surface area contributed by atoms with Crippen LogP contribution in [0, 0.1) is 24.1 Å². The second kappa shape index (κ2) is 16.1. The quantitative estimate of drug-likeness (QED) is 0.139. The highest BCUT2D eigenvalue weighted by Gasteiger charge is 2.27. The van der Waals surface area contributed by atoms with E-state index in [1.54, 1.807) is 31.3 Å². The number of hydrogen-bond donors (Lipinski definition) is 3. The van der Waals surface area contributed by atoms with Crippen LogP contribution in [0.1, 0.15) is 58.2 Å². The van der Waals surface area contributed by atoms with Gasteiger partial charge < -0.3 is 14.9 Å². The van der Waals surface area contributed by atoms with E-state index in [0.717, 1.165) is 29.5 Å². The van der Waals surface area contributed by atoms with Crippen LogP contribution >= 0.6 is 11.6 Å². The maximum atomic E-state index is 15.0. The van der Waals surface area contributed by atoms with Crippen LogP contribution in [-0.2, 0) is 30.8 Å². The van der Waals surface area contributed by atoms with Crippen molar-refractivity contribution in [2.24, 2.45) is 0 Å². The van der Waals surface area contributed by atoms with Crippen molar-refractivity contribution in [3.8, 4) is 22.9 Å². The molecule has 0 saturated heterocycles. The number of aliphatic hydroxyl groups excluding tert-OH is 1. The van der Waals surface area contributed by atoms with Gasteiger partial charge in [0.25, 0.3) is 0 Å². The van der Waals surface area contributed by atoms with Gasteiger partial charge in [-0.2, -0.15) is 18.4 Å². The van der Waals surface area contributed by atoms with Gasteiger partial charge in [0.2, 0.25) is 0 Å². The number of aryl methyl sites for hydroxylation is 1. The maximum Gasteiger partial charge on any atom is 0.386 e. The smallest absolute Gasteiger partial charge is 0.386 e. The molecule has 0 amide bonds. The molecule has 12 heteroatoms. The lowest BCUT2D eigenvalue weighted by Gasteiger charge is -2.19. The second-order valence-electron chi connectivity index (χ2n) is 11.5. The highest BCUT2D eigenvalue weighted by atomic mass is 35.5. The number of benzene rings is 3. The Kier molecular flexibility index (Phi) is 12.2. The summed E-state index contributed by atoms with van der Waals surface area (Å²) in [4.78, 5) is 15.5. The molecule has 0 radical (unpaired) electrons. The number of carboxylic acids is 1. The second-order valence-corrected chi connectivity index (χ2v) is 11.9. The third-order valence-corrected chi connectivity index (χ3v) is 8.26. The highest BCUT2D eigenvalue weighted by Crippen LogP contribution is 2.43. The Morgan fingerprint density at radius 3 is 2.54 bits per heavy atom. The molecule has 3 N–H and O–H groups in total. The summed E-state index contributed by atoms with van der Waals surface area (Å²) in [7, 11) is 0. The molecule has 1 aliphatic carbocycles. The number of aromatic nitrogens is 1. The van der Waals surface area contributed by atoms with Gasteiger partial charge in [-0.15, -0.1) is 0 Å². The van der Waals surface area contributed by atoms with E-state index in [-0.39, 0.29) is 31.8 Å². The maximum absolute atomic E-state index is 15.0. The third kappa shape index (κ3) is 9.53. The highest BCUT2D eigenvalue weighted by molar-refractivity contribution is 6.31. The summed E-state index contributed by atoms with van der Waals surface area (Å²) in [6, 6.07) is 17.8. The Bertz CT molecular complexity index is 1800. The van der Waals surface area contributed by atoms with Crippen molar-refractivity contribution in [1.82, 2.24) is 10.3 Å². The number of aliphatic carboxylic acids is 1. The van der Waals surface area contributed by atoms with E-state index in [9.17, 15) is 33.4 Å². The van der Waals surface area contributed by atoms with Gasteiger partial charge in [0, 0.05) is 47.6 Å². The minimum atomic E-state index is -4.00. The zero-order valence-corrected chi connectivity index (χ0v) is 27.0. The summed E-state index contributed by atoms with van der Waals surface area (Å²) in [6.07, 6.45) is 1.44. The Balaban J connectivity index is 0.000000968. The number of ether oxygens (including phenoxy) is 1. The van der Waals surface area contributed by atoms with E-state index in [1.807, 2.05) is 30.3 Å². The van der Waals surface area contributed by atoms with Crippen LogP contribution in [0.25, 0.3) is 11.1 Å². The van der Waals surface area contributed by atoms with Crippen molar-refractivity contribution >= 4 is 17.6 Å². The molecule has 1 aliphatic rings. The number of carboxylic acid groups (broad SMARTS) is 1. The zero-order chi connectivity index (χ0) is 35.0. The number of nitrogens with zero attached hydrogens (tertiary/aromatic N) is 2. The number of alkyl halides is 3.